The maximum absolute atomic E-state index is 12.4. The third kappa shape index (κ3) is 3.00. The van der Waals surface area contributed by atoms with Crippen LogP contribution in [0.5, 0.6) is 0 Å². The largest absolute Gasteiger partial charge is 0.332 e. The van der Waals surface area contributed by atoms with Crippen molar-refractivity contribution in [3.63, 3.8) is 0 Å². The number of hydrogen-bond donors (Lipinski definition) is 0. The van der Waals surface area contributed by atoms with E-state index in [1.54, 1.807) is 17.2 Å². The van der Waals surface area contributed by atoms with Gasteiger partial charge in [0.1, 0.15) is 5.69 Å². The maximum Gasteiger partial charge on any atom is 0.276 e. The van der Waals surface area contributed by atoms with Gasteiger partial charge in [0.25, 0.3) is 5.89 Å². The highest BCUT2D eigenvalue weighted by Gasteiger charge is 2.35. The summed E-state index contributed by atoms with van der Waals surface area (Å²) in [5.41, 5.74) is 2.38. The number of rotatable bonds is 3. The Labute approximate surface area is 149 Å². The predicted molar refractivity (Wildman–Crippen MR) is 93.4 cm³/mol. The molecular formula is C18H15ClN4O2. The van der Waals surface area contributed by atoms with Crippen LogP contribution in [-0.2, 0) is 4.79 Å². The molecule has 6 nitrogen and oxygen atoms in total. The van der Waals surface area contributed by atoms with E-state index in [1.165, 1.54) is 0 Å². The lowest BCUT2D eigenvalue weighted by molar-refractivity contribution is -0.117. The Balaban J connectivity index is 1.57. The molecule has 3 aromatic rings. The van der Waals surface area contributed by atoms with Crippen LogP contribution in [0.25, 0.3) is 11.6 Å². The highest BCUT2D eigenvalue weighted by atomic mass is 35.5. The summed E-state index contributed by atoms with van der Waals surface area (Å²) in [7, 11) is 0. The van der Waals surface area contributed by atoms with Crippen molar-refractivity contribution in [2.75, 3.05) is 11.4 Å². The van der Waals surface area contributed by atoms with Gasteiger partial charge in [-0.3, -0.25) is 9.78 Å². The number of nitrogens with zero attached hydrogens (tertiary/aromatic N) is 4. The van der Waals surface area contributed by atoms with E-state index in [0.717, 1.165) is 5.56 Å². The molecule has 1 unspecified atom stereocenters. The summed E-state index contributed by atoms with van der Waals surface area (Å²) in [5.74, 6) is 0.737. The Morgan fingerprint density at radius 3 is 2.92 bits per heavy atom. The Morgan fingerprint density at radius 2 is 2.16 bits per heavy atom. The number of carbonyl (C=O) groups excluding carboxylic acids is 1. The molecular weight excluding hydrogens is 340 g/mol. The molecule has 1 amide bonds. The molecule has 2 aromatic heterocycles. The van der Waals surface area contributed by atoms with Crippen LogP contribution >= 0.6 is 11.6 Å². The second-order valence-corrected chi connectivity index (χ2v) is 6.44. The van der Waals surface area contributed by atoms with E-state index in [4.69, 9.17) is 16.1 Å². The number of hydrogen-bond acceptors (Lipinski definition) is 5. The molecule has 1 aliphatic rings. The highest BCUT2D eigenvalue weighted by Crippen LogP contribution is 2.35. The zero-order valence-corrected chi connectivity index (χ0v) is 14.3. The third-order valence-corrected chi connectivity index (χ3v) is 4.51. The van der Waals surface area contributed by atoms with Gasteiger partial charge < -0.3 is 9.42 Å². The van der Waals surface area contributed by atoms with Crippen molar-refractivity contribution in [3.05, 3.63) is 59.0 Å². The average Bonchev–Trinajstić information content (AvgIpc) is 3.23. The lowest BCUT2D eigenvalue weighted by Crippen LogP contribution is -2.24. The van der Waals surface area contributed by atoms with Crippen molar-refractivity contribution in [3.8, 4) is 11.6 Å². The Hall–Kier alpha value is -2.73. The van der Waals surface area contributed by atoms with Crippen LogP contribution in [0, 0.1) is 6.92 Å². The molecule has 3 heterocycles. The van der Waals surface area contributed by atoms with Gasteiger partial charge >= 0.3 is 0 Å². The quantitative estimate of drug-likeness (QED) is 0.718. The van der Waals surface area contributed by atoms with Gasteiger partial charge in [-0.2, -0.15) is 4.98 Å². The molecule has 126 valence electrons. The standard InChI is InChI=1S/C18H15ClN4O2/c1-11-5-6-15(13(19)8-11)23-10-12(9-16(23)24)17-21-18(25-22-17)14-4-2-3-7-20-14/h2-8,12H,9-10H2,1H3. The maximum atomic E-state index is 12.4. The van der Waals surface area contributed by atoms with Crippen LogP contribution in [0.3, 0.4) is 0 Å². The molecule has 1 aromatic carbocycles. The lowest BCUT2D eigenvalue weighted by Gasteiger charge is -2.18. The van der Waals surface area contributed by atoms with Crippen molar-refractivity contribution in [2.24, 2.45) is 0 Å². The minimum absolute atomic E-state index is 0.0000563. The topological polar surface area (TPSA) is 72.1 Å². The summed E-state index contributed by atoms with van der Waals surface area (Å²) in [6.45, 7) is 2.44. The second kappa shape index (κ2) is 6.29. The van der Waals surface area contributed by atoms with Crippen LogP contribution < -0.4 is 4.90 Å². The van der Waals surface area contributed by atoms with Gasteiger partial charge in [-0.25, -0.2) is 0 Å². The average molecular weight is 355 g/mol. The van der Waals surface area contributed by atoms with Crippen molar-refractivity contribution in [1.29, 1.82) is 0 Å². The van der Waals surface area contributed by atoms with Crippen molar-refractivity contribution in [1.82, 2.24) is 15.1 Å². The summed E-state index contributed by atoms with van der Waals surface area (Å²) in [4.78, 5) is 22.7. The highest BCUT2D eigenvalue weighted by molar-refractivity contribution is 6.34. The molecule has 7 heteroatoms. The van der Waals surface area contributed by atoms with E-state index < -0.39 is 0 Å². The van der Waals surface area contributed by atoms with Crippen LogP contribution in [0.1, 0.15) is 23.7 Å². The number of pyridine rings is 1. The number of amides is 1. The molecule has 1 atom stereocenters. The third-order valence-electron chi connectivity index (χ3n) is 4.21. The fraction of sp³-hybridized carbons (Fsp3) is 0.222. The Bertz CT molecular complexity index is 926. The van der Waals surface area contributed by atoms with Crippen molar-refractivity contribution < 1.29 is 9.32 Å². The molecule has 1 saturated heterocycles. The summed E-state index contributed by atoms with van der Waals surface area (Å²) in [5, 5.41) is 4.60. The number of aromatic nitrogens is 3. The molecule has 1 fully saturated rings. The zero-order chi connectivity index (χ0) is 17.4. The Kier molecular flexibility index (Phi) is 3.97. The van der Waals surface area contributed by atoms with E-state index in [2.05, 4.69) is 15.1 Å². The van der Waals surface area contributed by atoms with E-state index in [1.807, 2.05) is 37.3 Å². The molecule has 0 bridgehead atoms. The fourth-order valence-corrected chi connectivity index (χ4v) is 3.28. The summed E-state index contributed by atoms with van der Waals surface area (Å²) in [6, 6.07) is 11.1. The van der Waals surface area contributed by atoms with Crippen molar-refractivity contribution >= 4 is 23.2 Å². The van der Waals surface area contributed by atoms with Gasteiger partial charge in [0.15, 0.2) is 5.82 Å². The number of benzene rings is 1. The van der Waals surface area contributed by atoms with Gasteiger partial charge in [0, 0.05) is 25.1 Å². The Morgan fingerprint density at radius 1 is 1.28 bits per heavy atom. The molecule has 0 aliphatic carbocycles. The van der Waals surface area contributed by atoms with Crippen LogP contribution in [0.2, 0.25) is 5.02 Å². The molecule has 0 spiro atoms. The normalized spacial score (nSPS) is 17.3. The van der Waals surface area contributed by atoms with Gasteiger partial charge in [0.2, 0.25) is 5.91 Å². The van der Waals surface area contributed by atoms with Crippen LogP contribution in [0.15, 0.2) is 47.1 Å². The summed E-state index contributed by atoms with van der Waals surface area (Å²) >= 11 is 6.30. The number of carbonyl (C=O) groups is 1. The van der Waals surface area contributed by atoms with Crippen LogP contribution in [0.4, 0.5) is 5.69 Å². The van der Waals surface area contributed by atoms with E-state index in [0.29, 0.717) is 41.1 Å². The van der Waals surface area contributed by atoms with E-state index in [9.17, 15) is 4.79 Å². The molecule has 0 N–H and O–H groups in total. The van der Waals surface area contributed by atoms with E-state index >= 15 is 0 Å². The summed E-state index contributed by atoms with van der Waals surface area (Å²) < 4.78 is 5.30. The summed E-state index contributed by atoms with van der Waals surface area (Å²) in [6.07, 6.45) is 1.99. The number of aryl methyl sites for hydroxylation is 1. The minimum atomic E-state index is -0.133. The fourth-order valence-electron chi connectivity index (χ4n) is 2.94. The van der Waals surface area contributed by atoms with Crippen LogP contribution in [-0.4, -0.2) is 27.6 Å². The lowest BCUT2D eigenvalue weighted by atomic mass is 10.1. The monoisotopic (exact) mass is 354 g/mol. The smallest absolute Gasteiger partial charge is 0.276 e. The zero-order valence-electron chi connectivity index (χ0n) is 13.5. The first kappa shape index (κ1) is 15.8. The first-order valence-corrected chi connectivity index (χ1v) is 8.31. The molecule has 1 aliphatic heterocycles. The predicted octanol–water partition coefficient (Wildman–Crippen LogP) is 3.61. The molecule has 0 radical (unpaired) electrons. The first-order valence-electron chi connectivity index (χ1n) is 7.93. The van der Waals surface area contributed by atoms with Gasteiger partial charge in [0.05, 0.1) is 10.7 Å². The van der Waals surface area contributed by atoms with Gasteiger partial charge in [-0.1, -0.05) is 28.9 Å². The minimum Gasteiger partial charge on any atom is -0.332 e. The SMILES string of the molecule is Cc1ccc(N2CC(c3noc(-c4ccccn4)n3)CC2=O)c(Cl)c1. The number of anilines is 1. The molecule has 0 saturated carbocycles. The van der Waals surface area contributed by atoms with Gasteiger partial charge in [-0.15, -0.1) is 0 Å². The molecule has 4 rings (SSSR count). The van der Waals surface area contributed by atoms with Gasteiger partial charge in [-0.05, 0) is 36.8 Å². The molecule has 25 heavy (non-hydrogen) atoms. The second-order valence-electron chi connectivity index (χ2n) is 6.03. The number of halogens is 1. The van der Waals surface area contributed by atoms with E-state index in [-0.39, 0.29) is 11.8 Å². The van der Waals surface area contributed by atoms with Crippen molar-refractivity contribution in [2.45, 2.75) is 19.3 Å². The first-order chi connectivity index (χ1) is 12.1.